The average Bonchev–Trinajstić information content (AvgIpc) is 3.28. The van der Waals surface area contributed by atoms with Crippen LogP contribution in [0.5, 0.6) is 5.88 Å². The number of aromatic amines is 1. The second-order valence-electron chi connectivity index (χ2n) is 7.09. The largest absolute Gasteiger partial charge is 0.493 e. The maximum Gasteiger partial charge on any atom is 0.469 e. The zero-order valence-corrected chi connectivity index (χ0v) is 18.4. The Morgan fingerprint density at radius 2 is 2.00 bits per heavy atom. The third-order valence-corrected chi connectivity index (χ3v) is 5.70. The molecule has 0 saturated carbocycles. The van der Waals surface area contributed by atoms with Crippen LogP contribution in [0.2, 0.25) is 5.02 Å². The highest BCUT2D eigenvalue weighted by molar-refractivity contribution is 7.46. The summed E-state index contributed by atoms with van der Waals surface area (Å²) in [6.07, 6.45) is 3.08. The molecule has 0 aliphatic carbocycles. The lowest BCUT2D eigenvalue weighted by atomic mass is 10.1. The predicted molar refractivity (Wildman–Crippen MR) is 121 cm³/mol. The van der Waals surface area contributed by atoms with Crippen molar-refractivity contribution in [2.75, 3.05) is 6.61 Å². The Balaban J connectivity index is 1.76. The second-order valence-corrected chi connectivity index (χ2v) is 8.77. The zero-order valence-electron chi connectivity index (χ0n) is 16.7. The first-order chi connectivity index (χ1) is 15.7. The predicted octanol–water partition coefficient (Wildman–Crippen LogP) is 3.36. The summed E-state index contributed by atoms with van der Waals surface area (Å²) in [5, 5.41) is 20.4. The number of nitriles is 1. The van der Waals surface area contributed by atoms with Crippen molar-refractivity contribution in [2.45, 2.75) is 6.04 Å². The summed E-state index contributed by atoms with van der Waals surface area (Å²) in [5.74, 6) is -0.466. The van der Waals surface area contributed by atoms with Crippen LogP contribution in [0.4, 0.5) is 5.69 Å². The van der Waals surface area contributed by atoms with E-state index in [1.165, 1.54) is 30.3 Å². The first-order valence-electron chi connectivity index (χ1n) is 9.45. The number of nitrogens with zero attached hydrogens (tertiary/aromatic N) is 3. The number of phosphoric ester groups is 1. The summed E-state index contributed by atoms with van der Waals surface area (Å²) in [4.78, 5) is 37.8. The number of H-pyrrole nitrogens is 1. The first-order valence-corrected chi connectivity index (χ1v) is 11.4. The van der Waals surface area contributed by atoms with Crippen molar-refractivity contribution in [3.63, 3.8) is 0 Å². The van der Waals surface area contributed by atoms with Crippen LogP contribution in [0.25, 0.3) is 11.6 Å². The van der Waals surface area contributed by atoms with Gasteiger partial charge in [-0.25, -0.2) is 9.36 Å². The third-order valence-electron chi connectivity index (χ3n) is 4.98. The lowest BCUT2D eigenvalue weighted by Gasteiger charge is -2.19. The van der Waals surface area contributed by atoms with Crippen LogP contribution < -0.4 is 5.69 Å². The standard InChI is InChI=1S/C21H16ClN4O6P/c22-15-5-6-16-14(10-24-17(16)8-15)7-18-20(27)26(21(28)25-18)19(11-32-33(29,30)31)13-3-1-12(9-23)2-4-13/h1-8,10,19,27H,11H2,(H,25,28)(H2,29,30,31)/t19-/m1/s1. The lowest BCUT2D eigenvalue weighted by Crippen LogP contribution is -2.26. The molecule has 0 radical (unpaired) electrons. The zero-order chi connectivity index (χ0) is 23.8. The highest BCUT2D eigenvalue weighted by atomic mass is 35.5. The van der Waals surface area contributed by atoms with Crippen LogP contribution in [-0.4, -0.2) is 37.3 Å². The Bertz CT molecular complexity index is 1430. The van der Waals surface area contributed by atoms with E-state index >= 15 is 0 Å². The van der Waals surface area contributed by atoms with Gasteiger partial charge in [0.15, 0.2) is 0 Å². The molecule has 0 bridgehead atoms. The maximum atomic E-state index is 12.8. The summed E-state index contributed by atoms with van der Waals surface area (Å²) in [7, 11) is -4.86. The average molecular weight is 487 g/mol. The number of hydrogen-bond acceptors (Lipinski definition) is 6. The number of imidazole rings is 1. The minimum Gasteiger partial charge on any atom is -0.493 e. The highest BCUT2D eigenvalue weighted by Gasteiger charge is 2.26. The van der Waals surface area contributed by atoms with Gasteiger partial charge >= 0.3 is 13.5 Å². The van der Waals surface area contributed by atoms with E-state index in [0.717, 1.165) is 10.1 Å². The number of rotatable bonds is 6. The van der Waals surface area contributed by atoms with Gasteiger partial charge in [-0.05, 0) is 35.9 Å². The van der Waals surface area contributed by atoms with Crippen molar-refractivity contribution in [3.8, 4) is 11.9 Å². The molecule has 0 amide bonds. The molecule has 1 aliphatic rings. The molecule has 12 heteroatoms. The van der Waals surface area contributed by atoms with Crippen LogP contribution in [-0.2, 0) is 9.09 Å². The molecule has 4 rings (SSSR count). The van der Waals surface area contributed by atoms with Crippen molar-refractivity contribution in [1.82, 2.24) is 9.55 Å². The van der Waals surface area contributed by atoms with Gasteiger partial charge in [-0.1, -0.05) is 29.8 Å². The van der Waals surface area contributed by atoms with Gasteiger partial charge in [0.05, 0.1) is 30.0 Å². The third kappa shape index (κ3) is 4.83. The number of aromatic nitrogens is 2. The van der Waals surface area contributed by atoms with Gasteiger partial charge < -0.3 is 19.9 Å². The molecule has 10 nitrogen and oxygen atoms in total. The van der Waals surface area contributed by atoms with Gasteiger partial charge in [-0.2, -0.15) is 5.26 Å². The van der Waals surface area contributed by atoms with E-state index in [2.05, 4.69) is 14.5 Å². The molecular weight excluding hydrogens is 471 g/mol. The summed E-state index contributed by atoms with van der Waals surface area (Å²) in [5.41, 5.74) is 2.09. The quantitative estimate of drug-likeness (QED) is 0.388. The molecule has 0 spiro atoms. The SMILES string of the molecule is N#Cc1ccc([C@@H](COP(=O)(O)O)n2c(O)c(C=C3C=Nc4cc(Cl)ccc43)[nH]c2=O)cc1. The van der Waals surface area contributed by atoms with Crippen LogP contribution in [0.15, 0.2) is 52.3 Å². The van der Waals surface area contributed by atoms with Crippen molar-refractivity contribution >= 4 is 43.0 Å². The number of benzene rings is 2. The molecule has 0 unspecified atom stereocenters. The lowest BCUT2D eigenvalue weighted by molar-refractivity contribution is 0.175. The fourth-order valence-corrected chi connectivity index (χ4v) is 3.95. The summed E-state index contributed by atoms with van der Waals surface area (Å²) in [6.45, 7) is -0.611. The van der Waals surface area contributed by atoms with Gasteiger partial charge in [0.1, 0.15) is 5.69 Å². The fraction of sp³-hybridized carbons (Fsp3) is 0.0952. The van der Waals surface area contributed by atoms with E-state index < -0.39 is 32.0 Å². The second kappa shape index (κ2) is 8.83. The minimum absolute atomic E-state index is 0.0686. The van der Waals surface area contributed by atoms with E-state index in [9.17, 15) is 14.5 Å². The van der Waals surface area contributed by atoms with E-state index in [-0.39, 0.29) is 5.69 Å². The summed E-state index contributed by atoms with van der Waals surface area (Å²) in [6, 6.07) is 12.0. The molecule has 1 aliphatic heterocycles. The molecule has 4 N–H and O–H groups in total. The molecular formula is C21H16ClN4O6P. The molecule has 1 aromatic heterocycles. The van der Waals surface area contributed by atoms with Crippen molar-refractivity contribution in [3.05, 3.63) is 80.4 Å². The number of nitrogens with one attached hydrogen (secondary N) is 1. The molecule has 3 aromatic rings. The van der Waals surface area contributed by atoms with Gasteiger partial charge in [0.2, 0.25) is 5.88 Å². The van der Waals surface area contributed by atoms with E-state index in [1.807, 2.05) is 6.07 Å². The minimum atomic E-state index is -4.86. The molecule has 0 saturated heterocycles. The van der Waals surface area contributed by atoms with E-state index in [4.69, 9.17) is 26.6 Å². The number of aromatic hydroxyl groups is 1. The molecule has 2 aromatic carbocycles. The number of phosphoric acid groups is 1. The number of halogens is 1. The van der Waals surface area contributed by atoms with Crippen LogP contribution in [0, 0.1) is 11.3 Å². The molecule has 1 atom stereocenters. The molecule has 0 fully saturated rings. The molecule has 33 heavy (non-hydrogen) atoms. The topological polar surface area (TPSA) is 161 Å². The number of fused-ring (bicyclic) bond motifs is 1. The summed E-state index contributed by atoms with van der Waals surface area (Å²) < 4.78 is 16.8. The fourth-order valence-electron chi connectivity index (χ4n) is 3.45. The van der Waals surface area contributed by atoms with Gasteiger partial charge in [0.25, 0.3) is 0 Å². The van der Waals surface area contributed by atoms with Crippen LogP contribution >= 0.6 is 19.4 Å². The van der Waals surface area contributed by atoms with Gasteiger partial charge in [-0.15, -0.1) is 0 Å². The van der Waals surface area contributed by atoms with Crippen molar-refractivity contribution in [1.29, 1.82) is 5.26 Å². The monoisotopic (exact) mass is 486 g/mol. The molecule has 2 heterocycles. The highest BCUT2D eigenvalue weighted by Crippen LogP contribution is 2.39. The van der Waals surface area contributed by atoms with Crippen molar-refractivity contribution in [2.24, 2.45) is 4.99 Å². The van der Waals surface area contributed by atoms with Crippen LogP contribution in [0.3, 0.4) is 0 Å². The van der Waals surface area contributed by atoms with Gasteiger partial charge in [0, 0.05) is 22.4 Å². The number of hydrogen-bond donors (Lipinski definition) is 4. The Morgan fingerprint density at radius 3 is 2.67 bits per heavy atom. The number of aliphatic imine (C=N–C) groups is 1. The van der Waals surface area contributed by atoms with Crippen LogP contribution in [0.1, 0.15) is 28.4 Å². The number of allylic oxidation sites excluding steroid dienone is 1. The van der Waals surface area contributed by atoms with E-state index in [1.54, 1.807) is 24.4 Å². The Kier molecular flexibility index (Phi) is 6.08. The maximum absolute atomic E-state index is 12.8. The first kappa shape index (κ1) is 22.7. The van der Waals surface area contributed by atoms with Crippen molar-refractivity contribution < 1.29 is 24.0 Å². The van der Waals surface area contributed by atoms with E-state index in [0.29, 0.717) is 27.4 Å². The summed E-state index contributed by atoms with van der Waals surface area (Å²) >= 11 is 5.99. The molecule has 168 valence electrons. The van der Waals surface area contributed by atoms with Gasteiger partial charge in [-0.3, -0.25) is 14.1 Å². The smallest absolute Gasteiger partial charge is 0.469 e. The Hall–Kier alpha value is -3.45. The Morgan fingerprint density at radius 1 is 1.27 bits per heavy atom. The Labute approximate surface area is 191 Å². The normalized spacial score (nSPS) is 14.9.